The zero-order valence-corrected chi connectivity index (χ0v) is 7.41. The highest BCUT2D eigenvalue weighted by atomic mass is 16.5. The molecule has 2 heterocycles. The lowest BCUT2D eigenvalue weighted by Crippen LogP contribution is -2.18. The molecule has 1 aromatic heterocycles. The molecule has 70 valence electrons. The average molecular weight is 181 g/mol. The molecule has 0 aromatic carbocycles. The molecular formula is C8H11N3O2. The molecule has 1 aliphatic rings. The first kappa shape index (κ1) is 8.10. The van der Waals surface area contributed by atoms with Gasteiger partial charge >= 0.3 is 0 Å². The molecule has 0 fully saturated rings. The van der Waals surface area contributed by atoms with Gasteiger partial charge in [-0.25, -0.2) is 4.68 Å². The topological polar surface area (TPSA) is 70.1 Å². The first-order chi connectivity index (χ1) is 6.20. The van der Waals surface area contributed by atoms with Crippen molar-refractivity contribution in [2.24, 2.45) is 5.73 Å². The van der Waals surface area contributed by atoms with Crippen LogP contribution >= 0.6 is 0 Å². The van der Waals surface area contributed by atoms with Gasteiger partial charge in [0, 0.05) is 13.0 Å². The minimum atomic E-state index is -0.472. The summed E-state index contributed by atoms with van der Waals surface area (Å²) in [7, 11) is 0. The van der Waals surface area contributed by atoms with Crippen molar-refractivity contribution >= 4 is 5.91 Å². The maximum Gasteiger partial charge on any atom is 0.256 e. The first-order valence-electron chi connectivity index (χ1n) is 4.20. The third kappa shape index (κ3) is 1.16. The van der Waals surface area contributed by atoms with Crippen molar-refractivity contribution in [3.63, 3.8) is 0 Å². The molecule has 0 aliphatic carbocycles. The zero-order chi connectivity index (χ0) is 9.42. The van der Waals surface area contributed by atoms with E-state index in [1.807, 2.05) is 0 Å². The van der Waals surface area contributed by atoms with Gasteiger partial charge in [0.15, 0.2) is 0 Å². The highest BCUT2D eigenvalue weighted by molar-refractivity contribution is 5.96. The van der Waals surface area contributed by atoms with Crippen molar-refractivity contribution in [2.75, 3.05) is 6.61 Å². The fourth-order valence-electron chi connectivity index (χ4n) is 1.53. The molecule has 0 radical (unpaired) electrons. The lowest BCUT2D eigenvalue weighted by atomic mass is 10.2. The van der Waals surface area contributed by atoms with E-state index in [4.69, 9.17) is 10.5 Å². The van der Waals surface area contributed by atoms with E-state index in [0.717, 1.165) is 13.0 Å². The maximum atomic E-state index is 11.0. The predicted octanol–water partition coefficient (Wildman–Crippen LogP) is 0.0729. The van der Waals surface area contributed by atoms with E-state index in [0.29, 0.717) is 23.7 Å². The molecule has 1 aliphatic heterocycles. The van der Waals surface area contributed by atoms with Crippen LogP contribution in [0.4, 0.5) is 0 Å². The number of fused-ring (bicyclic) bond motifs is 1. The molecule has 2 rings (SSSR count). The largest absolute Gasteiger partial charge is 0.477 e. The Morgan fingerprint density at radius 2 is 2.46 bits per heavy atom. The summed E-state index contributed by atoms with van der Waals surface area (Å²) in [6, 6.07) is 0. The molecule has 1 amide bonds. The van der Waals surface area contributed by atoms with Crippen molar-refractivity contribution in [1.29, 1.82) is 0 Å². The number of carbonyl (C=O) groups is 1. The summed E-state index contributed by atoms with van der Waals surface area (Å²) in [5.41, 5.74) is 6.27. The Morgan fingerprint density at radius 1 is 1.69 bits per heavy atom. The highest BCUT2D eigenvalue weighted by Gasteiger charge is 2.22. The number of primary amides is 1. The predicted molar refractivity (Wildman–Crippen MR) is 45.6 cm³/mol. The molecule has 5 heteroatoms. The molecule has 1 aromatic rings. The minimum Gasteiger partial charge on any atom is -0.477 e. The van der Waals surface area contributed by atoms with Gasteiger partial charge in [0.05, 0.1) is 12.3 Å². The Balaban J connectivity index is 2.54. The van der Waals surface area contributed by atoms with E-state index >= 15 is 0 Å². The average Bonchev–Trinajstić information content (AvgIpc) is 2.39. The quantitative estimate of drug-likeness (QED) is 0.666. The molecule has 13 heavy (non-hydrogen) atoms. The van der Waals surface area contributed by atoms with E-state index in [1.165, 1.54) is 0 Å². The molecule has 0 atom stereocenters. The third-order valence-corrected chi connectivity index (χ3v) is 2.08. The Kier molecular flexibility index (Phi) is 1.72. The standard InChI is InChI=1S/C8H11N3O2/c1-5-6(7(9)12)8-11(10-5)3-2-4-13-8/h2-4H2,1H3,(H2,9,12). The monoisotopic (exact) mass is 181 g/mol. The summed E-state index contributed by atoms with van der Waals surface area (Å²) < 4.78 is 7.03. The molecule has 0 spiro atoms. The fourth-order valence-corrected chi connectivity index (χ4v) is 1.53. The van der Waals surface area contributed by atoms with Crippen LogP contribution in [0.3, 0.4) is 0 Å². The van der Waals surface area contributed by atoms with E-state index < -0.39 is 5.91 Å². The van der Waals surface area contributed by atoms with Crippen molar-refractivity contribution in [3.8, 4) is 5.88 Å². The lowest BCUT2D eigenvalue weighted by molar-refractivity contribution is 0.0993. The Morgan fingerprint density at radius 3 is 3.15 bits per heavy atom. The summed E-state index contributed by atoms with van der Waals surface area (Å²) in [5, 5.41) is 4.16. The summed E-state index contributed by atoms with van der Waals surface area (Å²) in [4.78, 5) is 11.0. The van der Waals surface area contributed by atoms with Gasteiger partial charge in [-0.3, -0.25) is 4.79 Å². The number of aromatic nitrogens is 2. The number of ether oxygens (including phenoxy) is 1. The van der Waals surface area contributed by atoms with Gasteiger partial charge in [0.2, 0.25) is 5.88 Å². The fraction of sp³-hybridized carbons (Fsp3) is 0.500. The van der Waals surface area contributed by atoms with Gasteiger partial charge in [0.25, 0.3) is 5.91 Å². The van der Waals surface area contributed by atoms with E-state index in [2.05, 4.69) is 5.10 Å². The Labute approximate surface area is 75.5 Å². The van der Waals surface area contributed by atoms with Crippen LogP contribution in [0.25, 0.3) is 0 Å². The number of amides is 1. The number of nitrogens with zero attached hydrogens (tertiary/aromatic N) is 2. The molecular weight excluding hydrogens is 170 g/mol. The van der Waals surface area contributed by atoms with Crippen LogP contribution in [0.2, 0.25) is 0 Å². The second-order valence-corrected chi connectivity index (χ2v) is 3.05. The van der Waals surface area contributed by atoms with Gasteiger partial charge in [-0.2, -0.15) is 5.10 Å². The van der Waals surface area contributed by atoms with Crippen molar-refractivity contribution in [2.45, 2.75) is 19.9 Å². The van der Waals surface area contributed by atoms with Gasteiger partial charge in [-0.05, 0) is 6.92 Å². The molecule has 0 unspecified atom stereocenters. The van der Waals surface area contributed by atoms with Crippen molar-refractivity contribution < 1.29 is 9.53 Å². The number of aryl methyl sites for hydroxylation is 2. The Hall–Kier alpha value is -1.52. The number of rotatable bonds is 1. The normalized spacial score (nSPS) is 14.8. The van der Waals surface area contributed by atoms with E-state index in [-0.39, 0.29) is 0 Å². The molecule has 0 saturated carbocycles. The molecule has 0 bridgehead atoms. The highest BCUT2D eigenvalue weighted by Crippen LogP contribution is 2.24. The van der Waals surface area contributed by atoms with Crippen LogP contribution in [0.1, 0.15) is 22.5 Å². The van der Waals surface area contributed by atoms with Crippen LogP contribution in [-0.2, 0) is 6.54 Å². The summed E-state index contributed by atoms with van der Waals surface area (Å²) in [6.07, 6.45) is 0.923. The minimum absolute atomic E-state index is 0.416. The van der Waals surface area contributed by atoms with E-state index in [1.54, 1.807) is 11.6 Å². The van der Waals surface area contributed by atoms with Crippen molar-refractivity contribution in [1.82, 2.24) is 9.78 Å². The Bertz CT molecular complexity index is 357. The zero-order valence-electron chi connectivity index (χ0n) is 7.41. The number of nitrogens with two attached hydrogens (primary N) is 1. The van der Waals surface area contributed by atoms with Gasteiger partial charge in [-0.15, -0.1) is 0 Å². The SMILES string of the molecule is Cc1nn2c(c1C(N)=O)OCCC2. The van der Waals surface area contributed by atoms with Gasteiger partial charge < -0.3 is 10.5 Å². The molecule has 5 nitrogen and oxygen atoms in total. The number of hydrogen-bond donors (Lipinski definition) is 1. The van der Waals surface area contributed by atoms with Crippen LogP contribution < -0.4 is 10.5 Å². The first-order valence-corrected chi connectivity index (χ1v) is 4.20. The van der Waals surface area contributed by atoms with Gasteiger partial charge in [-0.1, -0.05) is 0 Å². The van der Waals surface area contributed by atoms with Crippen LogP contribution in [0, 0.1) is 6.92 Å². The van der Waals surface area contributed by atoms with Crippen LogP contribution in [0.15, 0.2) is 0 Å². The lowest BCUT2D eigenvalue weighted by Gasteiger charge is -2.14. The van der Waals surface area contributed by atoms with Crippen LogP contribution in [0.5, 0.6) is 5.88 Å². The number of carbonyl (C=O) groups excluding carboxylic acids is 1. The summed E-state index contributed by atoms with van der Waals surface area (Å²) in [6.45, 7) is 3.18. The molecule has 0 saturated heterocycles. The molecule has 2 N–H and O–H groups in total. The van der Waals surface area contributed by atoms with Gasteiger partial charge in [0.1, 0.15) is 5.56 Å². The third-order valence-electron chi connectivity index (χ3n) is 2.08. The van der Waals surface area contributed by atoms with E-state index in [9.17, 15) is 4.79 Å². The summed E-state index contributed by atoms with van der Waals surface area (Å²) in [5.74, 6) is 0.0527. The van der Waals surface area contributed by atoms with Crippen molar-refractivity contribution in [3.05, 3.63) is 11.3 Å². The number of hydrogen-bond acceptors (Lipinski definition) is 3. The maximum absolute atomic E-state index is 11.0. The second-order valence-electron chi connectivity index (χ2n) is 3.05. The van der Waals surface area contributed by atoms with Crippen LogP contribution in [-0.4, -0.2) is 22.3 Å². The smallest absolute Gasteiger partial charge is 0.256 e. The second kappa shape index (κ2) is 2.76. The summed E-state index contributed by atoms with van der Waals surface area (Å²) >= 11 is 0.